The molecule has 0 atom stereocenters. The van der Waals surface area contributed by atoms with Crippen LogP contribution in [0.25, 0.3) is 0 Å². The molecule has 4 nitrogen and oxygen atoms in total. The first-order valence-electron chi connectivity index (χ1n) is 7.86. The molecule has 22 heavy (non-hydrogen) atoms. The van der Waals surface area contributed by atoms with Crippen LogP contribution < -0.4 is 10.2 Å². The molecule has 1 aromatic carbocycles. The van der Waals surface area contributed by atoms with Crippen LogP contribution in [0, 0.1) is 5.92 Å². The smallest absolute Gasteiger partial charge is 0.134 e. The van der Waals surface area contributed by atoms with Crippen LogP contribution in [0.2, 0.25) is 0 Å². The molecule has 114 valence electrons. The quantitative estimate of drug-likeness (QED) is 0.905. The van der Waals surface area contributed by atoms with Crippen LogP contribution >= 0.6 is 15.9 Å². The average Bonchev–Trinajstić information content (AvgIpc) is 3.37. The third-order valence-corrected chi connectivity index (χ3v) is 4.92. The summed E-state index contributed by atoms with van der Waals surface area (Å²) in [6.45, 7) is 2.95. The second kappa shape index (κ2) is 5.88. The zero-order valence-electron chi connectivity index (χ0n) is 12.4. The highest BCUT2D eigenvalue weighted by atomic mass is 79.9. The van der Waals surface area contributed by atoms with E-state index in [1.807, 2.05) is 0 Å². The molecular weight excluding hydrogens is 340 g/mol. The number of rotatable bonds is 4. The summed E-state index contributed by atoms with van der Waals surface area (Å²) >= 11 is 3.56. The second-order valence-electron chi connectivity index (χ2n) is 6.17. The van der Waals surface area contributed by atoms with Gasteiger partial charge in [0.05, 0.1) is 0 Å². The molecule has 1 N–H and O–H groups in total. The Bertz CT molecular complexity index is 684. The van der Waals surface area contributed by atoms with Gasteiger partial charge in [0.2, 0.25) is 0 Å². The van der Waals surface area contributed by atoms with Gasteiger partial charge in [-0.2, -0.15) is 0 Å². The van der Waals surface area contributed by atoms with E-state index in [0.29, 0.717) is 0 Å². The first-order valence-corrected chi connectivity index (χ1v) is 8.65. The maximum Gasteiger partial charge on any atom is 0.134 e. The van der Waals surface area contributed by atoms with Gasteiger partial charge in [0.25, 0.3) is 0 Å². The number of benzene rings is 1. The minimum atomic E-state index is 0.845. The summed E-state index contributed by atoms with van der Waals surface area (Å²) < 4.78 is 1.14. The van der Waals surface area contributed by atoms with Crippen molar-refractivity contribution >= 4 is 27.6 Å². The van der Waals surface area contributed by atoms with Crippen molar-refractivity contribution in [3.8, 4) is 0 Å². The van der Waals surface area contributed by atoms with Gasteiger partial charge in [0.15, 0.2) is 0 Å². The topological polar surface area (TPSA) is 41.0 Å². The molecule has 4 rings (SSSR count). The highest BCUT2D eigenvalue weighted by Gasteiger charge is 2.21. The molecule has 1 saturated carbocycles. The molecule has 1 aliphatic heterocycles. The fraction of sp³-hybridized carbons (Fsp3) is 0.412. The number of aromatic nitrogens is 2. The SMILES string of the molecule is Brc1ccc2c(c1)CN(c1cc(NCC3CC3)ncn1)CC2. The van der Waals surface area contributed by atoms with Crippen molar-refractivity contribution in [3.05, 3.63) is 46.2 Å². The number of nitrogens with one attached hydrogen (secondary N) is 1. The molecule has 0 spiro atoms. The van der Waals surface area contributed by atoms with Gasteiger partial charge in [-0.1, -0.05) is 22.0 Å². The Morgan fingerprint density at radius 2 is 2.09 bits per heavy atom. The second-order valence-corrected chi connectivity index (χ2v) is 7.09. The van der Waals surface area contributed by atoms with E-state index >= 15 is 0 Å². The lowest BCUT2D eigenvalue weighted by atomic mass is 10.00. The average molecular weight is 359 g/mol. The first-order chi connectivity index (χ1) is 10.8. The summed E-state index contributed by atoms with van der Waals surface area (Å²) in [7, 11) is 0. The van der Waals surface area contributed by atoms with Gasteiger partial charge in [-0.15, -0.1) is 0 Å². The van der Waals surface area contributed by atoms with Crippen LogP contribution in [-0.4, -0.2) is 23.1 Å². The van der Waals surface area contributed by atoms with Gasteiger partial charge in [0, 0.05) is 30.2 Å². The Kier molecular flexibility index (Phi) is 3.74. The Balaban J connectivity index is 1.50. The van der Waals surface area contributed by atoms with Gasteiger partial charge in [-0.25, -0.2) is 9.97 Å². The molecule has 0 radical (unpaired) electrons. The van der Waals surface area contributed by atoms with E-state index < -0.39 is 0 Å². The number of hydrogen-bond acceptors (Lipinski definition) is 4. The summed E-state index contributed by atoms with van der Waals surface area (Å²) in [5.74, 6) is 2.80. The molecule has 2 heterocycles. The standard InChI is InChI=1S/C17H19BrN4/c18-15-4-3-13-5-6-22(10-14(13)7-15)17-8-16(20-11-21-17)19-9-12-1-2-12/h3-4,7-8,11-12H,1-2,5-6,9-10H2,(H,19,20,21). The molecule has 0 unspecified atom stereocenters. The number of fused-ring (bicyclic) bond motifs is 1. The Hall–Kier alpha value is -1.62. The third kappa shape index (κ3) is 3.09. The predicted octanol–water partition coefficient (Wildman–Crippen LogP) is 3.62. The highest BCUT2D eigenvalue weighted by molar-refractivity contribution is 9.10. The zero-order valence-corrected chi connectivity index (χ0v) is 14.0. The van der Waals surface area contributed by atoms with Gasteiger partial charge >= 0.3 is 0 Å². The van der Waals surface area contributed by atoms with Crippen molar-refractivity contribution < 1.29 is 0 Å². The van der Waals surface area contributed by atoms with E-state index in [0.717, 1.165) is 48.1 Å². The van der Waals surface area contributed by atoms with Crippen LogP contribution in [0.5, 0.6) is 0 Å². The van der Waals surface area contributed by atoms with E-state index in [2.05, 4.69) is 60.4 Å². The monoisotopic (exact) mass is 358 g/mol. The maximum absolute atomic E-state index is 4.46. The summed E-state index contributed by atoms with van der Waals surface area (Å²) in [6, 6.07) is 8.64. The molecule has 1 fully saturated rings. The van der Waals surface area contributed by atoms with Gasteiger partial charge < -0.3 is 10.2 Å². The third-order valence-electron chi connectivity index (χ3n) is 4.43. The van der Waals surface area contributed by atoms with E-state index in [9.17, 15) is 0 Å². The van der Waals surface area contributed by atoms with Crippen molar-refractivity contribution in [2.24, 2.45) is 5.92 Å². The van der Waals surface area contributed by atoms with Crippen molar-refractivity contribution in [1.82, 2.24) is 9.97 Å². The van der Waals surface area contributed by atoms with E-state index in [4.69, 9.17) is 0 Å². The van der Waals surface area contributed by atoms with Gasteiger partial charge in [-0.3, -0.25) is 0 Å². The Morgan fingerprint density at radius 1 is 1.18 bits per heavy atom. The highest BCUT2D eigenvalue weighted by Crippen LogP contribution is 2.29. The Morgan fingerprint density at radius 3 is 2.95 bits per heavy atom. The Labute approximate surface area is 139 Å². The summed E-state index contributed by atoms with van der Waals surface area (Å²) in [5.41, 5.74) is 2.83. The maximum atomic E-state index is 4.46. The molecule has 2 aliphatic rings. The van der Waals surface area contributed by atoms with Crippen molar-refractivity contribution in [3.63, 3.8) is 0 Å². The fourth-order valence-corrected chi connectivity index (χ4v) is 3.32. The van der Waals surface area contributed by atoms with E-state index in [1.54, 1.807) is 6.33 Å². The minimum Gasteiger partial charge on any atom is -0.370 e. The zero-order chi connectivity index (χ0) is 14.9. The van der Waals surface area contributed by atoms with Crippen LogP contribution in [0.4, 0.5) is 11.6 Å². The lowest BCUT2D eigenvalue weighted by molar-refractivity contribution is 0.718. The van der Waals surface area contributed by atoms with Crippen LogP contribution in [0.15, 0.2) is 35.1 Å². The number of anilines is 2. The van der Waals surface area contributed by atoms with Crippen molar-refractivity contribution in [2.75, 3.05) is 23.3 Å². The van der Waals surface area contributed by atoms with Crippen LogP contribution in [0.3, 0.4) is 0 Å². The molecule has 2 aromatic rings. The van der Waals surface area contributed by atoms with E-state index in [-0.39, 0.29) is 0 Å². The van der Waals surface area contributed by atoms with Crippen molar-refractivity contribution in [1.29, 1.82) is 0 Å². The molecule has 0 saturated heterocycles. The largest absolute Gasteiger partial charge is 0.370 e. The lowest BCUT2D eigenvalue weighted by Crippen LogP contribution is -2.31. The van der Waals surface area contributed by atoms with Crippen LogP contribution in [0.1, 0.15) is 24.0 Å². The number of halogens is 1. The van der Waals surface area contributed by atoms with Crippen molar-refractivity contribution in [2.45, 2.75) is 25.8 Å². The predicted molar refractivity (Wildman–Crippen MR) is 92.1 cm³/mol. The lowest BCUT2D eigenvalue weighted by Gasteiger charge is -2.30. The molecule has 0 bridgehead atoms. The molecule has 5 heteroatoms. The molecule has 1 aliphatic carbocycles. The molecule has 0 amide bonds. The first kappa shape index (κ1) is 14.0. The van der Waals surface area contributed by atoms with Crippen LogP contribution in [-0.2, 0) is 13.0 Å². The van der Waals surface area contributed by atoms with E-state index in [1.165, 1.54) is 24.0 Å². The number of nitrogens with zero attached hydrogens (tertiary/aromatic N) is 3. The summed E-state index contributed by atoms with van der Waals surface area (Å²) in [5, 5.41) is 3.43. The minimum absolute atomic E-state index is 0.845. The normalized spacial score (nSPS) is 17.2. The van der Waals surface area contributed by atoms with Gasteiger partial charge in [0.1, 0.15) is 18.0 Å². The summed E-state index contributed by atoms with van der Waals surface area (Å²) in [6.07, 6.45) is 5.43. The molecule has 1 aromatic heterocycles. The molecular formula is C17H19BrN4. The fourth-order valence-electron chi connectivity index (χ4n) is 2.91. The summed E-state index contributed by atoms with van der Waals surface area (Å²) in [4.78, 5) is 11.1. The number of hydrogen-bond donors (Lipinski definition) is 1. The van der Waals surface area contributed by atoms with Gasteiger partial charge in [-0.05, 0) is 48.4 Å².